The number of allylic oxidation sites excluding steroid dienone is 2. The topological polar surface area (TPSA) is 80.1 Å². The van der Waals surface area contributed by atoms with Gasteiger partial charge in [-0.05, 0) is 12.0 Å². The molecule has 1 aliphatic rings. The quantitative estimate of drug-likeness (QED) is 0.563. The summed E-state index contributed by atoms with van der Waals surface area (Å²) in [5, 5.41) is 3.38. The fourth-order valence-electron chi connectivity index (χ4n) is 2.55. The zero-order chi connectivity index (χ0) is 14.5. The van der Waals surface area contributed by atoms with Gasteiger partial charge in [-0.1, -0.05) is 24.8 Å². The molecule has 20 heavy (non-hydrogen) atoms. The molecule has 0 aliphatic carbocycles. The molecule has 5 heteroatoms. The SMILES string of the molecule is C=C/C=C\c1c(C[C@@H]2C[C@H](OC(C)=O)CN2)c[nH]c1N. The summed E-state index contributed by atoms with van der Waals surface area (Å²) in [6.07, 6.45) is 9.12. The van der Waals surface area contributed by atoms with E-state index in [-0.39, 0.29) is 12.1 Å². The largest absolute Gasteiger partial charge is 0.461 e. The maximum Gasteiger partial charge on any atom is 0.302 e. The Balaban J connectivity index is 1.99. The first-order valence-corrected chi connectivity index (χ1v) is 6.75. The van der Waals surface area contributed by atoms with Gasteiger partial charge in [0, 0.05) is 37.7 Å². The number of nitrogen functional groups attached to an aromatic ring is 1. The van der Waals surface area contributed by atoms with Crippen molar-refractivity contribution in [3.05, 3.63) is 36.1 Å². The van der Waals surface area contributed by atoms with E-state index in [1.165, 1.54) is 6.92 Å². The summed E-state index contributed by atoms with van der Waals surface area (Å²) in [6, 6.07) is 0.297. The van der Waals surface area contributed by atoms with E-state index in [9.17, 15) is 4.79 Å². The van der Waals surface area contributed by atoms with Gasteiger partial charge in [-0.25, -0.2) is 0 Å². The number of anilines is 1. The zero-order valence-electron chi connectivity index (χ0n) is 11.7. The molecular formula is C15H21N3O2. The molecule has 4 N–H and O–H groups in total. The van der Waals surface area contributed by atoms with E-state index in [2.05, 4.69) is 16.9 Å². The Morgan fingerprint density at radius 1 is 1.65 bits per heavy atom. The summed E-state index contributed by atoms with van der Waals surface area (Å²) in [6.45, 7) is 5.81. The van der Waals surface area contributed by atoms with E-state index in [4.69, 9.17) is 10.5 Å². The molecule has 0 aromatic carbocycles. The maximum absolute atomic E-state index is 11.0. The number of aromatic nitrogens is 1. The average molecular weight is 275 g/mol. The lowest BCUT2D eigenvalue weighted by Gasteiger charge is -2.10. The number of carbonyl (C=O) groups excluding carboxylic acids is 1. The second-order valence-corrected chi connectivity index (χ2v) is 5.01. The molecule has 0 radical (unpaired) electrons. The molecule has 108 valence electrons. The van der Waals surface area contributed by atoms with E-state index < -0.39 is 0 Å². The van der Waals surface area contributed by atoms with Gasteiger partial charge in [-0.2, -0.15) is 0 Å². The number of ether oxygens (including phenoxy) is 1. The molecule has 1 saturated heterocycles. The van der Waals surface area contributed by atoms with Crippen LogP contribution in [0.5, 0.6) is 0 Å². The molecule has 2 heterocycles. The van der Waals surface area contributed by atoms with Gasteiger partial charge in [-0.3, -0.25) is 4.79 Å². The van der Waals surface area contributed by atoms with Crippen molar-refractivity contribution in [1.82, 2.24) is 10.3 Å². The molecule has 0 spiro atoms. The summed E-state index contributed by atoms with van der Waals surface area (Å²) in [5.74, 6) is 0.436. The van der Waals surface area contributed by atoms with Crippen molar-refractivity contribution in [2.24, 2.45) is 0 Å². The molecular weight excluding hydrogens is 254 g/mol. The highest BCUT2D eigenvalue weighted by Gasteiger charge is 2.27. The Labute approximate surface area is 118 Å². The predicted molar refractivity (Wildman–Crippen MR) is 80.1 cm³/mol. The van der Waals surface area contributed by atoms with Gasteiger partial charge in [0.05, 0.1) is 0 Å². The van der Waals surface area contributed by atoms with Crippen LogP contribution < -0.4 is 11.1 Å². The number of rotatable bonds is 5. The van der Waals surface area contributed by atoms with Gasteiger partial charge in [0.25, 0.3) is 0 Å². The minimum atomic E-state index is -0.224. The van der Waals surface area contributed by atoms with E-state index in [1.54, 1.807) is 6.08 Å². The first-order valence-electron chi connectivity index (χ1n) is 6.75. The molecule has 0 unspecified atom stereocenters. The minimum absolute atomic E-state index is 0.0269. The molecule has 2 atom stereocenters. The third kappa shape index (κ3) is 3.51. The Bertz CT molecular complexity index is 519. The molecule has 1 aromatic heterocycles. The van der Waals surface area contributed by atoms with Crippen LogP contribution in [0.4, 0.5) is 5.82 Å². The maximum atomic E-state index is 11.0. The number of nitrogens with two attached hydrogens (primary N) is 1. The van der Waals surface area contributed by atoms with Crippen LogP contribution in [0.15, 0.2) is 24.9 Å². The molecule has 1 fully saturated rings. The number of esters is 1. The van der Waals surface area contributed by atoms with Crippen LogP contribution in [0.3, 0.4) is 0 Å². The van der Waals surface area contributed by atoms with E-state index >= 15 is 0 Å². The summed E-state index contributed by atoms with van der Waals surface area (Å²) in [4.78, 5) is 14.0. The Morgan fingerprint density at radius 2 is 2.45 bits per heavy atom. The van der Waals surface area contributed by atoms with E-state index in [0.29, 0.717) is 18.4 Å². The van der Waals surface area contributed by atoms with Crippen molar-refractivity contribution in [1.29, 1.82) is 0 Å². The fourth-order valence-corrected chi connectivity index (χ4v) is 2.55. The van der Waals surface area contributed by atoms with E-state index in [1.807, 2.05) is 18.3 Å². The molecule has 1 aromatic rings. The monoisotopic (exact) mass is 275 g/mol. The van der Waals surface area contributed by atoms with Gasteiger partial charge in [0.2, 0.25) is 0 Å². The van der Waals surface area contributed by atoms with Gasteiger partial charge in [0.15, 0.2) is 0 Å². The van der Waals surface area contributed by atoms with Crippen LogP contribution in [0, 0.1) is 0 Å². The number of nitrogens with one attached hydrogen (secondary N) is 2. The lowest BCUT2D eigenvalue weighted by molar-refractivity contribution is -0.145. The second kappa shape index (κ2) is 6.43. The third-order valence-corrected chi connectivity index (χ3v) is 3.42. The Kier molecular flexibility index (Phi) is 4.63. The number of H-pyrrole nitrogens is 1. The van der Waals surface area contributed by atoms with Crippen LogP contribution in [-0.4, -0.2) is 29.6 Å². The number of carbonyl (C=O) groups is 1. The van der Waals surface area contributed by atoms with Gasteiger partial charge < -0.3 is 20.8 Å². The highest BCUT2D eigenvalue weighted by Crippen LogP contribution is 2.22. The summed E-state index contributed by atoms with van der Waals surface area (Å²) >= 11 is 0. The molecule has 2 rings (SSSR count). The van der Waals surface area contributed by atoms with Crippen molar-refractivity contribution in [3.63, 3.8) is 0 Å². The van der Waals surface area contributed by atoms with Crippen molar-refractivity contribution < 1.29 is 9.53 Å². The van der Waals surface area contributed by atoms with Crippen LogP contribution >= 0.6 is 0 Å². The van der Waals surface area contributed by atoms with Gasteiger partial charge >= 0.3 is 5.97 Å². The summed E-state index contributed by atoms with van der Waals surface area (Å²) in [7, 11) is 0. The third-order valence-electron chi connectivity index (χ3n) is 3.42. The van der Waals surface area contributed by atoms with Gasteiger partial charge in [-0.15, -0.1) is 0 Å². The molecule has 5 nitrogen and oxygen atoms in total. The molecule has 0 bridgehead atoms. The molecule has 1 aliphatic heterocycles. The summed E-state index contributed by atoms with van der Waals surface area (Å²) in [5.41, 5.74) is 8.08. The van der Waals surface area contributed by atoms with Crippen molar-refractivity contribution in [3.8, 4) is 0 Å². The van der Waals surface area contributed by atoms with Crippen LogP contribution in [0.2, 0.25) is 0 Å². The lowest BCUT2D eigenvalue weighted by Crippen LogP contribution is -2.24. The first kappa shape index (κ1) is 14.4. The molecule has 0 amide bonds. The van der Waals surface area contributed by atoms with E-state index in [0.717, 1.165) is 24.0 Å². The molecule has 0 saturated carbocycles. The predicted octanol–water partition coefficient (Wildman–Crippen LogP) is 1.63. The lowest BCUT2D eigenvalue weighted by atomic mass is 10.0. The number of hydrogen-bond acceptors (Lipinski definition) is 4. The van der Waals surface area contributed by atoms with Crippen molar-refractivity contribution in [2.75, 3.05) is 12.3 Å². The zero-order valence-corrected chi connectivity index (χ0v) is 11.7. The van der Waals surface area contributed by atoms with Crippen molar-refractivity contribution >= 4 is 17.9 Å². The normalized spacial score (nSPS) is 22.2. The van der Waals surface area contributed by atoms with Crippen molar-refractivity contribution in [2.45, 2.75) is 31.9 Å². The summed E-state index contributed by atoms with van der Waals surface area (Å²) < 4.78 is 5.22. The highest BCUT2D eigenvalue weighted by atomic mass is 16.5. The highest BCUT2D eigenvalue weighted by molar-refractivity contribution is 5.67. The van der Waals surface area contributed by atoms with Gasteiger partial charge in [0.1, 0.15) is 11.9 Å². The fraction of sp³-hybridized carbons (Fsp3) is 0.400. The number of aromatic amines is 1. The van der Waals surface area contributed by atoms with Crippen LogP contribution in [0.1, 0.15) is 24.5 Å². The Morgan fingerprint density at radius 3 is 3.15 bits per heavy atom. The number of hydrogen-bond donors (Lipinski definition) is 3. The van der Waals surface area contributed by atoms with Crippen LogP contribution in [0.25, 0.3) is 6.08 Å². The second-order valence-electron chi connectivity index (χ2n) is 5.01. The Hall–Kier alpha value is -2.01. The minimum Gasteiger partial charge on any atom is -0.461 e. The first-order chi connectivity index (χ1) is 9.60. The van der Waals surface area contributed by atoms with Crippen LogP contribution in [-0.2, 0) is 16.0 Å². The standard InChI is InChI=1S/C15H21N3O2/c1-3-4-5-14-11(8-18-15(14)16)6-12-7-13(9-17-12)20-10(2)19/h3-5,8,12-13,17-18H,1,6-7,9,16H2,2H3/b5-4-/t12-,13+/m1/s1. The smallest absolute Gasteiger partial charge is 0.302 e. The average Bonchev–Trinajstić information content (AvgIpc) is 2.95.